The molecule has 2 nitrogen and oxygen atoms in total. The molecular formula is C21H29NO. The van der Waals surface area contributed by atoms with Gasteiger partial charge in [-0.05, 0) is 48.9 Å². The Balaban J connectivity index is 1.97. The van der Waals surface area contributed by atoms with Crippen molar-refractivity contribution >= 4 is 5.69 Å². The average molecular weight is 311 g/mol. The van der Waals surface area contributed by atoms with Crippen LogP contribution < -0.4 is 10.1 Å². The quantitative estimate of drug-likeness (QED) is 0.746. The number of para-hydroxylation sites is 1. The maximum atomic E-state index is 6.03. The van der Waals surface area contributed by atoms with Crippen LogP contribution in [0.15, 0.2) is 36.4 Å². The summed E-state index contributed by atoms with van der Waals surface area (Å²) in [6.07, 6.45) is 0. The smallest absolute Gasteiger partial charge is 0.123 e. The summed E-state index contributed by atoms with van der Waals surface area (Å²) < 4.78 is 6.03. The third-order valence-corrected chi connectivity index (χ3v) is 4.03. The van der Waals surface area contributed by atoms with Crippen LogP contribution in [0.3, 0.4) is 0 Å². The van der Waals surface area contributed by atoms with Crippen LogP contribution in [-0.2, 0) is 5.41 Å². The minimum Gasteiger partial charge on any atom is -0.491 e. The van der Waals surface area contributed by atoms with Crippen LogP contribution in [0.25, 0.3) is 0 Å². The van der Waals surface area contributed by atoms with Crippen LogP contribution in [0.2, 0.25) is 0 Å². The molecule has 0 unspecified atom stereocenters. The number of rotatable bonds is 5. The summed E-state index contributed by atoms with van der Waals surface area (Å²) in [4.78, 5) is 0. The van der Waals surface area contributed by atoms with Gasteiger partial charge in [-0.25, -0.2) is 0 Å². The molecule has 2 aromatic rings. The average Bonchev–Trinajstić information content (AvgIpc) is 2.44. The zero-order valence-corrected chi connectivity index (χ0v) is 15.3. The minimum absolute atomic E-state index is 0.0914. The second-order valence-electron chi connectivity index (χ2n) is 7.30. The van der Waals surface area contributed by atoms with Crippen LogP contribution in [-0.4, -0.2) is 13.2 Å². The minimum atomic E-state index is 0.0914. The molecule has 23 heavy (non-hydrogen) atoms. The molecule has 0 aliphatic heterocycles. The molecule has 0 fully saturated rings. The van der Waals surface area contributed by atoms with E-state index in [1.165, 1.54) is 27.9 Å². The van der Waals surface area contributed by atoms with Gasteiger partial charge in [-0.15, -0.1) is 0 Å². The van der Waals surface area contributed by atoms with Crippen molar-refractivity contribution in [1.29, 1.82) is 0 Å². The highest BCUT2D eigenvalue weighted by Gasteiger charge is 2.18. The van der Waals surface area contributed by atoms with Crippen LogP contribution in [0.4, 0.5) is 5.69 Å². The predicted octanol–water partition coefficient (Wildman–Crippen LogP) is 5.40. The van der Waals surface area contributed by atoms with Gasteiger partial charge >= 0.3 is 0 Å². The molecular weight excluding hydrogens is 282 g/mol. The summed E-state index contributed by atoms with van der Waals surface area (Å²) in [5.41, 5.74) is 6.45. The summed E-state index contributed by atoms with van der Waals surface area (Å²) >= 11 is 0. The summed E-state index contributed by atoms with van der Waals surface area (Å²) in [5.74, 6) is 0.985. The lowest BCUT2D eigenvalue weighted by Gasteiger charge is -2.23. The summed E-state index contributed by atoms with van der Waals surface area (Å²) in [6.45, 7) is 14.5. The number of hydrogen-bond acceptors (Lipinski definition) is 2. The van der Waals surface area contributed by atoms with Crippen molar-refractivity contribution in [3.8, 4) is 5.75 Å². The van der Waals surface area contributed by atoms with Gasteiger partial charge in [0.25, 0.3) is 0 Å². The van der Waals surface area contributed by atoms with Crippen LogP contribution >= 0.6 is 0 Å². The molecule has 0 bridgehead atoms. The van der Waals surface area contributed by atoms with E-state index in [9.17, 15) is 0 Å². The SMILES string of the molecule is Cc1cc(C)c(NCCOc2ccccc2C(C)(C)C)c(C)c1. The fraction of sp³-hybridized carbons (Fsp3) is 0.429. The van der Waals surface area contributed by atoms with Crippen LogP contribution in [0.1, 0.15) is 43.0 Å². The monoisotopic (exact) mass is 311 g/mol. The van der Waals surface area contributed by atoms with Crippen molar-refractivity contribution in [3.05, 3.63) is 58.7 Å². The first-order valence-electron chi connectivity index (χ1n) is 8.33. The number of nitrogens with one attached hydrogen (secondary N) is 1. The molecule has 2 rings (SSSR count). The Bertz CT molecular complexity index is 645. The van der Waals surface area contributed by atoms with Gasteiger partial charge in [-0.1, -0.05) is 56.7 Å². The third-order valence-electron chi connectivity index (χ3n) is 4.03. The highest BCUT2D eigenvalue weighted by molar-refractivity contribution is 5.58. The number of hydrogen-bond donors (Lipinski definition) is 1. The number of ether oxygens (including phenoxy) is 1. The first kappa shape index (κ1) is 17.4. The molecule has 2 heteroatoms. The topological polar surface area (TPSA) is 21.3 Å². The number of benzene rings is 2. The van der Waals surface area contributed by atoms with Crippen LogP contribution in [0.5, 0.6) is 5.75 Å². The molecule has 0 aliphatic rings. The molecule has 124 valence electrons. The van der Waals surface area contributed by atoms with Gasteiger partial charge < -0.3 is 10.1 Å². The van der Waals surface area contributed by atoms with E-state index in [0.29, 0.717) is 6.61 Å². The van der Waals surface area contributed by atoms with Crippen molar-refractivity contribution in [2.75, 3.05) is 18.5 Å². The standard InChI is InChI=1S/C21H29NO/c1-15-13-16(2)20(17(3)14-15)22-11-12-23-19-10-8-7-9-18(19)21(4,5)6/h7-10,13-14,22H,11-12H2,1-6H3. The molecule has 0 aliphatic carbocycles. The van der Waals surface area contributed by atoms with Gasteiger partial charge in [0, 0.05) is 12.2 Å². The zero-order valence-electron chi connectivity index (χ0n) is 15.3. The van der Waals surface area contributed by atoms with E-state index < -0.39 is 0 Å². The second kappa shape index (κ2) is 7.08. The molecule has 0 aromatic heterocycles. The van der Waals surface area contributed by atoms with E-state index in [0.717, 1.165) is 12.3 Å². The molecule has 0 amide bonds. The maximum absolute atomic E-state index is 6.03. The summed E-state index contributed by atoms with van der Waals surface area (Å²) in [5, 5.41) is 3.51. The van der Waals surface area contributed by atoms with Gasteiger partial charge in [0.15, 0.2) is 0 Å². The number of aryl methyl sites for hydroxylation is 3. The maximum Gasteiger partial charge on any atom is 0.123 e. The van der Waals surface area contributed by atoms with Crippen molar-refractivity contribution in [3.63, 3.8) is 0 Å². The predicted molar refractivity (Wildman–Crippen MR) is 99.8 cm³/mol. The molecule has 0 saturated heterocycles. The van der Waals surface area contributed by atoms with E-state index in [1.807, 2.05) is 6.07 Å². The normalized spacial score (nSPS) is 11.4. The van der Waals surface area contributed by atoms with Crippen LogP contribution in [0, 0.1) is 20.8 Å². The summed E-state index contributed by atoms with van der Waals surface area (Å²) in [6, 6.07) is 12.7. The van der Waals surface area contributed by atoms with Gasteiger partial charge in [-0.3, -0.25) is 0 Å². The van der Waals surface area contributed by atoms with Gasteiger partial charge in [0.05, 0.1) is 0 Å². The van der Waals surface area contributed by atoms with Gasteiger partial charge in [0.2, 0.25) is 0 Å². The molecule has 0 atom stereocenters. The van der Waals surface area contributed by atoms with Crippen molar-refractivity contribution in [2.45, 2.75) is 47.0 Å². The second-order valence-corrected chi connectivity index (χ2v) is 7.30. The van der Waals surface area contributed by atoms with E-state index in [4.69, 9.17) is 4.74 Å². The fourth-order valence-corrected chi connectivity index (χ4v) is 3.01. The molecule has 0 heterocycles. The highest BCUT2D eigenvalue weighted by Crippen LogP contribution is 2.30. The van der Waals surface area contributed by atoms with E-state index in [1.54, 1.807) is 0 Å². The van der Waals surface area contributed by atoms with E-state index in [-0.39, 0.29) is 5.41 Å². The first-order chi connectivity index (χ1) is 10.8. The van der Waals surface area contributed by atoms with Gasteiger partial charge in [0.1, 0.15) is 12.4 Å². The highest BCUT2D eigenvalue weighted by atomic mass is 16.5. The lowest BCUT2D eigenvalue weighted by Crippen LogP contribution is -2.17. The first-order valence-corrected chi connectivity index (χ1v) is 8.33. The largest absolute Gasteiger partial charge is 0.491 e. The van der Waals surface area contributed by atoms with Gasteiger partial charge in [-0.2, -0.15) is 0 Å². The Morgan fingerprint density at radius 1 is 0.957 bits per heavy atom. The molecule has 1 N–H and O–H groups in total. The zero-order chi connectivity index (χ0) is 17.0. The summed E-state index contributed by atoms with van der Waals surface area (Å²) in [7, 11) is 0. The lowest BCUT2D eigenvalue weighted by molar-refractivity contribution is 0.323. The van der Waals surface area contributed by atoms with Crippen molar-refractivity contribution in [2.24, 2.45) is 0 Å². The number of anilines is 1. The third kappa shape index (κ3) is 4.51. The van der Waals surface area contributed by atoms with Crippen molar-refractivity contribution in [1.82, 2.24) is 0 Å². The Morgan fingerprint density at radius 3 is 2.17 bits per heavy atom. The van der Waals surface area contributed by atoms with Crippen molar-refractivity contribution < 1.29 is 4.74 Å². The van der Waals surface area contributed by atoms with E-state index >= 15 is 0 Å². The molecule has 0 spiro atoms. The Morgan fingerprint density at radius 2 is 1.57 bits per heavy atom. The Hall–Kier alpha value is -1.96. The molecule has 0 radical (unpaired) electrons. The fourth-order valence-electron chi connectivity index (χ4n) is 3.01. The Kier molecular flexibility index (Phi) is 5.35. The van der Waals surface area contributed by atoms with E-state index in [2.05, 4.69) is 77.2 Å². The lowest BCUT2D eigenvalue weighted by atomic mass is 9.86. The molecule has 0 saturated carbocycles. The Labute approximate surface area is 140 Å². The molecule has 2 aromatic carbocycles.